The van der Waals surface area contributed by atoms with Crippen LogP contribution >= 0.6 is 23.2 Å². The molecule has 0 radical (unpaired) electrons. The van der Waals surface area contributed by atoms with E-state index in [1.165, 1.54) is 0 Å². The topological polar surface area (TPSA) is 40.1 Å². The Kier molecular flexibility index (Phi) is 7.30. The van der Waals surface area contributed by atoms with Crippen molar-refractivity contribution < 1.29 is 4.74 Å². The van der Waals surface area contributed by atoms with Crippen LogP contribution in [-0.2, 0) is 0 Å². The molecule has 2 heterocycles. The summed E-state index contributed by atoms with van der Waals surface area (Å²) in [4.78, 5) is 5.39. The average Bonchev–Trinajstić information content (AvgIpc) is 3.26. The fourth-order valence-corrected chi connectivity index (χ4v) is 5.06. The van der Waals surface area contributed by atoms with Crippen molar-refractivity contribution in [2.45, 2.75) is 32.0 Å². The number of para-hydroxylation sites is 1. The first-order valence-corrected chi connectivity index (χ1v) is 12.9. The van der Waals surface area contributed by atoms with E-state index >= 15 is 0 Å². The van der Waals surface area contributed by atoms with Crippen molar-refractivity contribution in [2.75, 3.05) is 26.2 Å². The van der Waals surface area contributed by atoms with Crippen molar-refractivity contribution >= 4 is 29.0 Å². The van der Waals surface area contributed by atoms with E-state index in [9.17, 15) is 0 Å². The lowest BCUT2D eigenvalue weighted by Gasteiger charge is -2.42. The highest BCUT2D eigenvalue weighted by Gasteiger charge is 2.42. The summed E-state index contributed by atoms with van der Waals surface area (Å²) in [5.74, 6) is 1.76. The normalized spacial score (nSPS) is 20.8. The molecule has 7 heteroatoms. The van der Waals surface area contributed by atoms with Gasteiger partial charge in [-0.15, -0.1) is 0 Å². The van der Waals surface area contributed by atoms with Gasteiger partial charge in [0.15, 0.2) is 5.84 Å². The highest BCUT2D eigenvalue weighted by atomic mass is 35.5. The molecule has 2 aliphatic heterocycles. The van der Waals surface area contributed by atoms with Crippen LogP contribution in [0.5, 0.6) is 5.75 Å². The van der Waals surface area contributed by atoms with Gasteiger partial charge in [0.1, 0.15) is 11.8 Å². The maximum Gasteiger partial charge on any atom is 0.150 e. The Balaban J connectivity index is 1.68. The molecule has 0 aromatic heterocycles. The lowest BCUT2D eigenvalue weighted by atomic mass is 9.94. The molecule has 1 fully saturated rings. The van der Waals surface area contributed by atoms with Crippen LogP contribution < -0.4 is 10.1 Å². The van der Waals surface area contributed by atoms with Gasteiger partial charge in [0.2, 0.25) is 0 Å². The van der Waals surface area contributed by atoms with E-state index in [1.54, 1.807) is 0 Å². The molecule has 35 heavy (non-hydrogen) atoms. The first-order valence-electron chi connectivity index (χ1n) is 12.1. The summed E-state index contributed by atoms with van der Waals surface area (Å²) < 4.78 is 6.23. The maximum absolute atomic E-state index is 6.28. The minimum atomic E-state index is -0.120. The zero-order valence-electron chi connectivity index (χ0n) is 20.0. The van der Waals surface area contributed by atoms with Gasteiger partial charge in [0, 0.05) is 36.2 Å². The van der Waals surface area contributed by atoms with Crippen molar-refractivity contribution in [1.82, 2.24) is 15.3 Å². The van der Waals surface area contributed by atoms with Crippen molar-refractivity contribution in [3.05, 3.63) is 99.5 Å². The molecule has 0 aliphatic carbocycles. The Morgan fingerprint density at radius 2 is 1.46 bits per heavy atom. The molecule has 0 spiro atoms. The van der Waals surface area contributed by atoms with Gasteiger partial charge in [-0.3, -0.25) is 10.0 Å². The number of benzene rings is 3. The van der Waals surface area contributed by atoms with Gasteiger partial charge in [-0.2, -0.15) is 0 Å². The highest BCUT2D eigenvalue weighted by molar-refractivity contribution is 6.30. The fraction of sp³-hybridized carbons (Fsp3) is 0.321. The summed E-state index contributed by atoms with van der Waals surface area (Å²) in [6.07, 6.45) is 0.0601. The molecule has 2 atom stereocenters. The third-order valence-electron chi connectivity index (χ3n) is 6.35. The predicted octanol–water partition coefficient (Wildman–Crippen LogP) is 6.15. The Hall–Kier alpha value is -2.57. The number of hydrogen-bond donors (Lipinski definition) is 1. The summed E-state index contributed by atoms with van der Waals surface area (Å²) in [6, 6.07) is 24.2. The molecule has 2 aliphatic rings. The summed E-state index contributed by atoms with van der Waals surface area (Å²) in [7, 11) is 0. The molecule has 5 rings (SSSR count). The van der Waals surface area contributed by atoms with Crippen LogP contribution in [0.15, 0.2) is 77.8 Å². The van der Waals surface area contributed by atoms with Crippen LogP contribution in [0.25, 0.3) is 0 Å². The zero-order valence-corrected chi connectivity index (χ0v) is 21.5. The smallest absolute Gasteiger partial charge is 0.150 e. The summed E-state index contributed by atoms with van der Waals surface area (Å²) in [5.41, 5.74) is 3.27. The minimum Gasteiger partial charge on any atom is -0.490 e. The lowest BCUT2D eigenvalue weighted by molar-refractivity contribution is 0.000307. The van der Waals surface area contributed by atoms with Gasteiger partial charge in [0.25, 0.3) is 0 Å². The van der Waals surface area contributed by atoms with E-state index in [1.807, 2.05) is 56.3 Å². The number of halogens is 2. The van der Waals surface area contributed by atoms with Crippen LogP contribution in [0, 0.1) is 0 Å². The van der Waals surface area contributed by atoms with Gasteiger partial charge in [-0.1, -0.05) is 59.6 Å². The number of amidine groups is 1. The number of aliphatic imine (C=N–C) groups is 1. The number of piperazine rings is 1. The van der Waals surface area contributed by atoms with Gasteiger partial charge in [-0.25, -0.2) is 5.01 Å². The Morgan fingerprint density at radius 3 is 2.09 bits per heavy atom. The first-order chi connectivity index (χ1) is 17.0. The average molecular weight is 509 g/mol. The summed E-state index contributed by atoms with van der Waals surface area (Å²) in [5, 5.41) is 9.71. The lowest BCUT2D eigenvalue weighted by Crippen LogP contribution is -2.54. The van der Waals surface area contributed by atoms with Crippen LogP contribution in [-0.4, -0.2) is 48.1 Å². The molecule has 3 aromatic carbocycles. The van der Waals surface area contributed by atoms with E-state index in [2.05, 4.69) is 45.7 Å². The summed E-state index contributed by atoms with van der Waals surface area (Å²) >= 11 is 12.5. The molecule has 2 unspecified atom stereocenters. The second kappa shape index (κ2) is 10.6. The SMILES string of the molecule is CC(C)Oc1ccccc1C1=NC(c2ccc(Cl)cc2)C(c2ccc(Cl)cc2)N1N1CCNCC1. The third kappa shape index (κ3) is 5.19. The molecule has 3 aromatic rings. The van der Waals surface area contributed by atoms with Gasteiger partial charge < -0.3 is 10.1 Å². The molecule has 0 bridgehead atoms. The van der Waals surface area contributed by atoms with E-state index in [0.717, 1.165) is 59.5 Å². The van der Waals surface area contributed by atoms with Crippen molar-refractivity contribution in [2.24, 2.45) is 4.99 Å². The molecule has 1 N–H and O–H groups in total. The van der Waals surface area contributed by atoms with E-state index < -0.39 is 0 Å². The van der Waals surface area contributed by atoms with E-state index in [0.29, 0.717) is 5.02 Å². The largest absolute Gasteiger partial charge is 0.490 e. The Bertz CT molecular complexity index is 1170. The minimum absolute atomic E-state index is 0.0337. The molecule has 0 amide bonds. The van der Waals surface area contributed by atoms with E-state index in [4.69, 9.17) is 32.9 Å². The van der Waals surface area contributed by atoms with Gasteiger partial charge >= 0.3 is 0 Å². The fourth-order valence-electron chi connectivity index (χ4n) is 4.81. The maximum atomic E-state index is 6.28. The number of hydrazine groups is 1. The Morgan fingerprint density at radius 1 is 0.857 bits per heavy atom. The number of nitrogens with one attached hydrogen (secondary N) is 1. The third-order valence-corrected chi connectivity index (χ3v) is 6.86. The van der Waals surface area contributed by atoms with Gasteiger partial charge in [-0.05, 0) is 61.4 Å². The number of rotatable bonds is 6. The highest BCUT2D eigenvalue weighted by Crippen LogP contribution is 2.45. The second-order valence-corrected chi connectivity index (χ2v) is 10.0. The zero-order chi connectivity index (χ0) is 24.4. The predicted molar refractivity (Wildman–Crippen MR) is 143 cm³/mol. The summed E-state index contributed by atoms with van der Waals surface area (Å²) in [6.45, 7) is 7.73. The monoisotopic (exact) mass is 508 g/mol. The number of ether oxygens (including phenoxy) is 1. The van der Waals surface area contributed by atoms with Gasteiger partial charge in [0.05, 0.1) is 17.7 Å². The number of hydrogen-bond acceptors (Lipinski definition) is 5. The molecule has 5 nitrogen and oxygen atoms in total. The molecule has 182 valence electrons. The molecule has 0 saturated carbocycles. The van der Waals surface area contributed by atoms with Crippen molar-refractivity contribution in [3.8, 4) is 5.75 Å². The van der Waals surface area contributed by atoms with Crippen molar-refractivity contribution in [3.63, 3.8) is 0 Å². The molecule has 1 saturated heterocycles. The van der Waals surface area contributed by atoms with Crippen LogP contribution in [0.1, 0.15) is 42.6 Å². The molecular formula is C28H30Cl2N4O. The standard InChI is InChI=1S/C28H30Cl2N4O/c1-19(2)35-25-6-4-3-5-24(25)28-32-26(20-7-11-22(29)12-8-20)27(21-9-13-23(30)14-10-21)34(28)33-17-15-31-16-18-33/h3-14,19,26-27,31H,15-18H2,1-2H3. The van der Waals surface area contributed by atoms with Crippen LogP contribution in [0.4, 0.5) is 0 Å². The quantitative estimate of drug-likeness (QED) is 0.433. The van der Waals surface area contributed by atoms with Crippen LogP contribution in [0.2, 0.25) is 10.0 Å². The van der Waals surface area contributed by atoms with Crippen LogP contribution in [0.3, 0.4) is 0 Å². The number of nitrogens with zero attached hydrogens (tertiary/aromatic N) is 3. The molecular weight excluding hydrogens is 479 g/mol. The van der Waals surface area contributed by atoms with E-state index in [-0.39, 0.29) is 18.2 Å². The Labute approximate surface area is 217 Å². The first kappa shape index (κ1) is 24.1. The second-order valence-electron chi connectivity index (χ2n) is 9.16. The van der Waals surface area contributed by atoms with Crippen molar-refractivity contribution in [1.29, 1.82) is 0 Å².